The molecule has 1 aromatic carbocycles. The smallest absolute Gasteiger partial charge is 0.128 e. The molecule has 0 amide bonds. The largest absolute Gasteiger partial charge is 0.302 e. The van der Waals surface area contributed by atoms with E-state index in [9.17, 15) is 8.78 Å². The van der Waals surface area contributed by atoms with Gasteiger partial charge in [-0.2, -0.15) is 0 Å². The molecule has 0 spiro atoms. The Bertz CT molecular complexity index is 642. The standard InChI is InChI=1S/C17H18F2N2/c1-11(14-10-13(18)7-8-15(14)19)21-16-6-2-4-12-5-3-9-20-17(12)16/h3,5,7-11,16,21H,2,4,6H2,1H3. The van der Waals surface area contributed by atoms with Gasteiger partial charge in [-0.1, -0.05) is 6.07 Å². The zero-order valence-electron chi connectivity index (χ0n) is 11.9. The summed E-state index contributed by atoms with van der Waals surface area (Å²) in [5, 5.41) is 3.39. The lowest BCUT2D eigenvalue weighted by Crippen LogP contribution is -2.29. The van der Waals surface area contributed by atoms with Crippen LogP contribution in [0.2, 0.25) is 0 Å². The number of nitrogens with one attached hydrogen (secondary N) is 1. The molecule has 0 bridgehead atoms. The lowest BCUT2D eigenvalue weighted by Gasteiger charge is -2.28. The summed E-state index contributed by atoms with van der Waals surface area (Å²) < 4.78 is 27.2. The summed E-state index contributed by atoms with van der Waals surface area (Å²) in [6, 6.07) is 7.43. The summed E-state index contributed by atoms with van der Waals surface area (Å²) >= 11 is 0. The highest BCUT2D eigenvalue weighted by Crippen LogP contribution is 2.30. The molecule has 2 atom stereocenters. The van der Waals surface area contributed by atoms with Crippen LogP contribution >= 0.6 is 0 Å². The van der Waals surface area contributed by atoms with Gasteiger partial charge < -0.3 is 5.32 Å². The maximum absolute atomic E-state index is 13.8. The number of aryl methyl sites for hydroxylation is 1. The number of hydrogen-bond donors (Lipinski definition) is 1. The van der Waals surface area contributed by atoms with E-state index >= 15 is 0 Å². The molecule has 1 N–H and O–H groups in total. The molecule has 2 aromatic rings. The van der Waals surface area contributed by atoms with Crippen molar-refractivity contribution in [3.63, 3.8) is 0 Å². The monoisotopic (exact) mass is 288 g/mol. The minimum absolute atomic E-state index is 0.0904. The maximum atomic E-state index is 13.8. The number of aromatic nitrogens is 1. The van der Waals surface area contributed by atoms with Crippen molar-refractivity contribution in [2.45, 2.75) is 38.3 Å². The van der Waals surface area contributed by atoms with E-state index in [1.54, 1.807) is 6.20 Å². The molecule has 1 heterocycles. The molecular weight excluding hydrogens is 270 g/mol. The third-order valence-corrected chi connectivity index (χ3v) is 4.07. The Kier molecular flexibility index (Phi) is 3.97. The quantitative estimate of drug-likeness (QED) is 0.920. The molecule has 21 heavy (non-hydrogen) atoms. The normalized spacial score (nSPS) is 19.1. The molecule has 4 heteroatoms. The molecule has 0 aliphatic heterocycles. The lowest BCUT2D eigenvalue weighted by atomic mass is 9.91. The number of hydrogen-bond acceptors (Lipinski definition) is 2. The number of nitrogens with zero attached hydrogens (tertiary/aromatic N) is 1. The fraction of sp³-hybridized carbons (Fsp3) is 0.353. The topological polar surface area (TPSA) is 24.9 Å². The van der Waals surface area contributed by atoms with Gasteiger partial charge in [-0.15, -0.1) is 0 Å². The summed E-state index contributed by atoms with van der Waals surface area (Å²) in [5.41, 5.74) is 2.64. The molecule has 1 aromatic heterocycles. The van der Waals surface area contributed by atoms with E-state index in [0.717, 1.165) is 31.0 Å². The Balaban J connectivity index is 1.82. The van der Waals surface area contributed by atoms with Crippen molar-refractivity contribution in [3.05, 3.63) is 65.0 Å². The summed E-state index contributed by atoms with van der Waals surface area (Å²) in [5.74, 6) is -0.796. The van der Waals surface area contributed by atoms with E-state index in [1.165, 1.54) is 17.7 Å². The Morgan fingerprint density at radius 2 is 2.14 bits per heavy atom. The van der Waals surface area contributed by atoms with Crippen LogP contribution in [-0.4, -0.2) is 4.98 Å². The van der Waals surface area contributed by atoms with Crippen LogP contribution in [0.3, 0.4) is 0 Å². The van der Waals surface area contributed by atoms with E-state index < -0.39 is 5.82 Å². The van der Waals surface area contributed by atoms with Gasteiger partial charge in [-0.05, 0) is 56.0 Å². The van der Waals surface area contributed by atoms with Crippen molar-refractivity contribution < 1.29 is 8.78 Å². The van der Waals surface area contributed by atoms with Crippen LogP contribution in [-0.2, 0) is 6.42 Å². The highest BCUT2D eigenvalue weighted by atomic mass is 19.1. The Labute approximate surface area is 123 Å². The van der Waals surface area contributed by atoms with Crippen LogP contribution < -0.4 is 5.32 Å². The predicted molar refractivity (Wildman–Crippen MR) is 77.8 cm³/mol. The Morgan fingerprint density at radius 3 is 3.00 bits per heavy atom. The van der Waals surface area contributed by atoms with E-state index in [4.69, 9.17) is 0 Å². The predicted octanol–water partition coefficient (Wildman–Crippen LogP) is 4.09. The van der Waals surface area contributed by atoms with Gasteiger partial charge in [0.05, 0.1) is 11.7 Å². The van der Waals surface area contributed by atoms with E-state index in [0.29, 0.717) is 5.56 Å². The van der Waals surface area contributed by atoms with Gasteiger partial charge >= 0.3 is 0 Å². The van der Waals surface area contributed by atoms with Crippen LogP contribution in [0.4, 0.5) is 8.78 Å². The van der Waals surface area contributed by atoms with Crippen molar-refractivity contribution in [1.29, 1.82) is 0 Å². The Morgan fingerprint density at radius 1 is 1.29 bits per heavy atom. The average molecular weight is 288 g/mol. The SMILES string of the molecule is CC(NC1CCCc2cccnc21)c1cc(F)ccc1F. The summed E-state index contributed by atoms with van der Waals surface area (Å²) in [6.07, 6.45) is 4.86. The van der Waals surface area contributed by atoms with Crippen LogP contribution in [0.1, 0.15) is 48.7 Å². The first kappa shape index (κ1) is 14.1. The molecule has 0 saturated carbocycles. The van der Waals surface area contributed by atoms with Gasteiger partial charge in [-0.3, -0.25) is 4.98 Å². The second-order valence-electron chi connectivity index (χ2n) is 5.55. The van der Waals surface area contributed by atoms with Crippen molar-refractivity contribution >= 4 is 0 Å². The van der Waals surface area contributed by atoms with Gasteiger partial charge in [0.1, 0.15) is 11.6 Å². The van der Waals surface area contributed by atoms with Crippen LogP contribution in [0, 0.1) is 11.6 Å². The lowest BCUT2D eigenvalue weighted by molar-refractivity contribution is 0.398. The third-order valence-electron chi connectivity index (χ3n) is 4.07. The van der Waals surface area contributed by atoms with E-state index in [2.05, 4.69) is 16.4 Å². The number of rotatable bonds is 3. The first-order valence-electron chi connectivity index (χ1n) is 7.30. The van der Waals surface area contributed by atoms with Gasteiger partial charge in [0.2, 0.25) is 0 Å². The van der Waals surface area contributed by atoms with Crippen molar-refractivity contribution in [2.24, 2.45) is 0 Å². The third kappa shape index (κ3) is 2.95. The molecule has 3 rings (SSSR count). The molecule has 0 fully saturated rings. The first-order valence-corrected chi connectivity index (χ1v) is 7.30. The van der Waals surface area contributed by atoms with Crippen LogP contribution in [0.15, 0.2) is 36.5 Å². The number of pyridine rings is 1. The maximum Gasteiger partial charge on any atom is 0.128 e. The molecule has 2 unspecified atom stereocenters. The number of halogens is 2. The van der Waals surface area contributed by atoms with E-state index in [1.807, 2.05) is 13.0 Å². The number of fused-ring (bicyclic) bond motifs is 1. The van der Waals surface area contributed by atoms with Crippen molar-refractivity contribution in [3.8, 4) is 0 Å². The molecule has 1 aliphatic rings. The van der Waals surface area contributed by atoms with Crippen molar-refractivity contribution in [2.75, 3.05) is 0 Å². The zero-order chi connectivity index (χ0) is 14.8. The first-order chi connectivity index (χ1) is 10.1. The van der Waals surface area contributed by atoms with Crippen molar-refractivity contribution in [1.82, 2.24) is 10.3 Å². The molecule has 0 radical (unpaired) electrons. The van der Waals surface area contributed by atoms with Crippen LogP contribution in [0.25, 0.3) is 0 Å². The van der Waals surface area contributed by atoms with Gasteiger partial charge in [-0.25, -0.2) is 8.78 Å². The molecule has 2 nitrogen and oxygen atoms in total. The van der Waals surface area contributed by atoms with E-state index in [-0.39, 0.29) is 17.9 Å². The molecule has 1 aliphatic carbocycles. The fourth-order valence-corrected chi connectivity index (χ4v) is 3.01. The second-order valence-corrected chi connectivity index (χ2v) is 5.55. The summed E-state index contributed by atoms with van der Waals surface area (Å²) in [7, 11) is 0. The highest BCUT2D eigenvalue weighted by molar-refractivity contribution is 5.27. The van der Waals surface area contributed by atoms with Gasteiger partial charge in [0.15, 0.2) is 0 Å². The average Bonchev–Trinajstić information content (AvgIpc) is 2.50. The number of benzene rings is 1. The molecule has 0 saturated heterocycles. The summed E-state index contributed by atoms with van der Waals surface area (Å²) in [4.78, 5) is 4.46. The Hall–Kier alpha value is -1.81. The van der Waals surface area contributed by atoms with Gasteiger partial charge in [0.25, 0.3) is 0 Å². The molecular formula is C17H18F2N2. The van der Waals surface area contributed by atoms with Gasteiger partial charge in [0, 0.05) is 17.8 Å². The zero-order valence-corrected chi connectivity index (χ0v) is 11.9. The second kappa shape index (κ2) is 5.90. The minimum Gasteiger partial charge on any atom is -0.302 e. The fourth-order valence-electron chi connectivity index (χ4n) is 3.01. The highest BCUT2D eigenvalue weighted by Gasteiger charge is 2.24. The molecule has 110 valence electrons. The summed E-state index contributed by atoms with van der Waals surface area (Å²) in [6.45, 7) is 1.86. The van der Waals surface area contributed by atoms with Crippen LogP contribution in [0.5, 0.6) is 0 Å². The minimum atomic E-state index is -0.415.